The summed E-state index contributed by atoms with van der Waals surface area (Å²) in [6.07, 6.45) is 7.57. The number of aryl methyl sites for hydroxylation is 1. The molecule has 3 heteroatoms. The fourth-order valence-corrected chi connectivity index (χ4v) is 3.28. The Bertz CT molecular complexity index is 399. The molecule has 1 fully saturated rings. The molecule has 2 atom stereocenters. The number of hydrogen-bond donors (Lipinski definition) is 1. The monoisotopic (exact) mass is 232 g/mol. The molecular weight excluding hydrogens is 212 g/mol. The first-order chi connectivity index (χ1) is 8.30. The Morgan fingerprint density at radius 1 is 1.41 bits per heavy atom. The first-order valence-corrected chi connectivity index (χ1v) is 6.60. The Morgan fingerprint density at radius 3 is 3.18 bits per heavy atom. The lowest BCUT2D eigenvalue weighted by Crippen LogP contribution is -2.53. The van der Waals surface area contributed by atoms with Crippen molar-refractivity contribution in [3.05, 3.63) is 29.6 Å². The Labute approximate surface area is 102 Å². The first kappa shape index (κ1) is 11.2. The van der Waals surface area contributed by atoms with Crippen LogP contribution in [0.4, 0.5) is 0 Å². The van der Waals surface area contributed by atoms with Gasteiger partial charge in [-0.3, -0.25) is 4.98 Å². The summed E-state index contributed by atoms with van der Waals surface area (Å²) in [6, 6.07) is 4.23. The summed E-state index contributed by atoms with van der Waals surface area (Å²) in [7, 11) is 0. The van der Waals surface area contributed by atoms with E-state index in [0.717, 1.165) is 32.3 Å². The molecule has 1 aliphatic heterocycles. The number of ether oxygens (including phenoxy) is 1. The molecule has 0 saturated carbocycles. The molecule has 3 rings (SSSR count). The lowest BCUT2D eigenvalue weighted by molar-refractivity contribution is 0.0225. The van der Waals surface area contributed by atoms with E-state index in [-0.39, 0.29) is 5.54 Å². The second-order valence-corrected chi connectivity index (χ2v) is 5.38. The van der Waals surface area contributed by atoms with Gasteiger partial charge in [0.05, 0.1) is 6.61 Å². The van der Waals surface area contributed by atoms with Crippen LogP contribution in [0.1, 0.15) is 42.9 Å². The minimum atomic E-state index is -0.193. The number of fused-ring (bicyclic) bond motifs is 1. The Kier molecular flexibility index (Phi) is 2.89. The normalized spacial score (nSPS) is 33.1. The SMILES string of the molecule is NC1(C2CCCc3cccnc32)CCCOC1. The van der Waals surface area contributed by atoms with Crippen LogP contribution in [0, 0.1) is 0 Å². The van der Waals surface area contributed by atoms with E-state index in [1.54, 1.807) is 0 Å². The molecule has 0 amide bonds. The minimum absolute atomic E-state index is 0.193. The van der Waals surface area contributed by atoms with Gasteiger partial charge >= 0.3 is 0 Å². The summed E-state index contributed by atoms with van der Waals surface area (Å²) in [5, 5.41) is 0. The van der Waals surface area contributed by atoms with Crippen LogP contribution in [0.3, 0.4) is 0 Å². The Morgan fingerprint density at radius 2 is 2.35 bits per heavy atom. The van der Waals surface area contributed by atoms with Crippen LogP contribution in [0.2, 0.25) is 0 Å². The summed E-state index contributed by atoms with van der Waals surface area (Å²) < 4.78 is 5.60. The van der Waals surface area contributed by atoms with Gasteiger partial charge in [0.2, 0.25) is 0 Å². The molecule has 2 heterocycles. The van der Waals surface area contributed by atoms with Crippen LogP contribution in [0.15, 0.2) is 18.3 Å². The summed E-state index contributed by atoms with van der Waals surface area (Å²) >= 11 is 0. The van der Waals surface area contributed by atoms with E-state index < -0.39 is 0 Å². The highest BCUT2D eigenvalue weighted by molar-refractivity contribution is 5.29. The Balaban J connectivity index is 1.94. The van der Waals surface area contributed by atoms with Gasteiger partial charge in [-0.2, -0.15) is 0 Å². The molecule has 0 bridgehead atoms. The molecule has 2 aliphatic rings. The molecular formula is C14H20N2O. The maximum absolute atomic E-state index is 6.58. The third-order valence-corrected chi connectivity index (χ3v) is 4.19. The molecule has 2 N–H and O–H groups in total. The second-order valence-electron chi connectivity index (χ2n) is 5.38. The fourth-order valence-electron chi connectivity index (χ4n) is 3.28. The number of pyridine rings is 1. The van der Waals surface area contributed by atoms with Gasteiger partial charge in [-0.15, -0.1) is 0 Å². The number of rotatable bonds is 1. The van der Waals surface area contributed by atoms with Crippen LogP contribution >= 0.6 is 0 Å². The maximum atomic E-state index is 6.58. The van der Waals surface area contributed by atoms with Crippen molar-refractivity contribution in [3.8, 4) is 0 Å². The summed E-state index contributed by atoms with van der Waals surface area (Å²) in [5.41, 5.74) is 9.01. The third kappa shape index (κ3) is 1.98. The zero-order valence-corrected chi connectivity index (χ0v) is 10.2. The zero-order valence-electron chi connectivity index (χ0n) is 10.2. The topological polar surface area (TPSA) is 48.1 Å². The maximum Gasteiger partial charge on any atom is 0.0652 e. The Hall–Kier alpha value is -0.930. The minimum Gasteiger partial charge on any atom is -0.380 e. The van der Waals surface area contributed by atoms with Crippen LogP contribution in [-0.4, -0.2) is 23.7 Å². The van der Waals surface area contributed by atoms with Crippen molar-refractivity contribution < 1.29 is 4.74 Å². The largest absolute Gasteiger partial charge is 0.380 e. The number of nitrogens with two attached hydrogens (primary N) is 1. The summed E-state index contributed by atoms with van der Waals surface area (Å²) in [5.74, 6) is 0.382. The smallest absolute Gasteiger partial charge is 0.0652 e. The van der Waals surface area contributed by atoms with Crippen molar-refractivity contribution in [2.45, 2.75) is 43.6 Å². The van der Waals surface area contributed by atoms with Gasteiger partial charge in [-0.25, -0.2) is 0 Å². The molecule has 1 aliphatic carbocycles. The van der Waals surface area contributed by atoms with Gasteiger partial charge in [-0.1, -0.05) is 6.07 Å². The van der Waals surface area contributed by atoms with E-state index in [2.05, 4.69) is 11.1 Å². The van der Waals surface area contributed by atoms with Crippen molar-refractivity contribution >= 4 is 0 Å². The van der Waals surface area contributed by atoms with E-state index in [0.29, 0.717) is 12.5 Å². The second kappa shape index (κ2) is 4.39. The van der Waals surface area contributed by atoms with Crippen LogP contribution in [0.5, 0.6) is 0 Å². The fraction of sp³-hybridized carbons (Fsp3) is 0.643. The van der Waals surface area contributed by atoms with Gasteiger partial charge in [0.25, 0.3) is 0 Å². The average molecular weight is 232 g/mol. The van der Waals surface area contributed by atoms with E-state index in [9.17, 15) is 0 Å². The lowest BCUT2D eigenvalue weighted by Gasteiger charge is -2.42. The van der Waals surface area contributed by atoms with Gasteiger partial charge in [-0.05, 0) is 43.7 Å². The molecule has 0 aromatic carbocycles. The van der Waals surface area contributed by atoms with Crippen molar-refractivity contribution in [2.24, 2.45) is 5.73 Å². The van der Waals surface area contributed by atoms with Crippen molar-refractivity contribution in [1.29, 1.82) is 0 Å². The molecule has 0 radical (unpaired) electrons. The van der Waals surface area contributed by atoms with Crippen LogP contribution < -0.4 is 5.73 Å². The first-order valence-electron chi connectivity index (χ1n) is 6.60. The van der Waals surface area contributed by atoms with Gasteiger partial charge in [0.15, 0.2) is 0 Å². The van der Waals surface area contributed by atoms with Gasteiger partial charge in [0, 0.05) is 30.0 Å². The number of hydrogen-bond acceptors (Lipinski definition) is 3. The molecule has 1 aromatic heterocycles. The van der Waals surface area contributed by atoms with Crippen LogP contribution in [0.25, 0.3) is 0 Å². The molecule has 1 saturated heterocycles. The van der Waals surface area contributed by atoms with E-state index in [1.807, 2.05) is 12.3 Å². The van der Waals surface area contributed by atoms with E-state index in [4.69, 9.17) is 10.5 Å². The molecule has 1 aromatic rings. The van der Waals surface area contributed by atoms with Crippen LogP contribution in [-0.2, 0) is 11.2 Å². The van der Waals surface area contributed by atoms with Gasteiger partial charge in [0.1, 0.15) is 0 Å². The molecule has 92 valence electrons. The highest BCUT2D eigenvalue weighted by Gasteiger charge is 2.40. The average Bonchev–Trinajstić information content (AvgIpc) is 2.39. The molecule has 0 spiro atoms. The highest BCUT2D eigenvalue weighted by Crippen LogP contribution is 2.40. The molecule has 17 heavy (non-hydrogen) atoms. The standard InChI is InChI=1S/C14H20N2O/c15-14(7-3-9-17-10-14)12-6-1-4-11-5-2-8-16-13(11)12/h2,5,8,12H,1,3-4,6-7,9-10,15H2. The third-order valence-electron chi connectivity index (χ3n) is 4.19. The van der Waals surface area contributed by atoms with E-state index in [1.165, 1.54) is 17.7 Å². The summed E-state index contributed by atoms with van der Waals surface area (Å²) in [6.45, 7) is 1.55. The molecule has 3 nitrogen and oxygen atoms in total. The van der Waals surface area contributed by atoms with Crippen molar-refractivity contribution in [1.82, 2.24) is 4.98 Å². The number of aromatic nitrogens is 1. The quantitative estimate of drug-likeness (QED) is 0.805. The summed E-state index contributed by atoms with van der Waals surface area (Å²) in [4.78, 5) is 4.59. The van der Waals surface area contributed by atoms with E-state index >= 15 is 0 Å². The van der Waals surface area contributed by atoms with Gasteiger partial charge < -0.3 is 10.5 Å². The van der Waals surface area contributed by atoms with Crippen molar-refractivity contribution in [2.75, 3.05) is 13.2 Å². The predicted molar refractivity (Wildman–Crippen MR) is 66.9 cm³/mol. The van der Waals surface area contributed by atoms with Crippen molar-refractivity contribution in [3.63, 3.8) is 0 Å². The lowest BCUT2D eigenvalue weighted by atomic mass is 9.72. The number of nitrogens with zero attached hydrogens (tertiary/aromatic N) is 1. The molecule has 2 unspecified atom stereocenters. The predicted octanol–water partition coefficient (Wildman–Crippen LogP) is 2.01. The zero-order chi connectivity index (χ0) is 11.7. The highest BCUT2D eigenvalue weighted by atomic mass is 16.5.